The van der Waals surface area contributed by atoms with Crippen LogP contribution < -0.4 is 34.9 Å². The number of anilines is 1. The average molecular weight is 319 g/mol. The van der Waals surface area contributed by atoms with Crippen molar-refractivity contribution in [2.45, 2.75) is 13.8 Å². The topological polar surface area (TPSA) is 67.8 Å². The van der Waals surface area contributed by atoms with Gasteiger partial charge in [0, 0.05) is 5.69 Å². The second kappa shape index (κ2) is 10.6. The summed E-state index contributed by atoms with van der Waals surface area (Å²) in [5, 5.41) is 12.6. The Kier molecular flexibility index (Phi) is 10.1. The fourth-order valence-electron chi connectivity index (χ4n) is 1.40. The quantitative estimate of drug-likeness (QED) is 0.251. The van der Waals surface area contributed by atoms with E-state index >= 15 is 0 Å². The van der Waals surface area contributed by atoms with E-state index < -0.39 is 11.9 Å². The maximum absolute atomic E-state index is 11.8. The number of carbonyl (C=O) groups excluding carboxylic acids is 1. The number of hydrogen-bond acceptors (Lipinski definition) is 5. The number of esters is 1. The van der Waals surface area contributed by atoms with Gasteiger partial charge in [-0.1, -0.05) is 30.4 Å². The summed E-state index contributed by atoms with van der Waals surface area (Å²) in [7, 11) is 0. The van der Waals surface area contributed by atoms with Crippen molar-refractivity contribution in [3.8, 4) is 0 Å². The Labute approximate surface area is 153 Å². The van der Waals surface area contributed by atoms with Crippen LogP contribution in [0.4, 0.5) is 5.69 Å². The van der Waals surface area contributed by atoms with Crippen molar-refractivity contribution in [1.82, 2.24) is 0 Å². The standard InChI is InChI=1S/C14H17NO4S.Na.H/c1-3-18-13(16)11(14(17)19-4-2)12(20)15-10-8-6-5-7-9-10;;/h5-9,16H,3-4H2,1-2H3,(H,15,20);;/q;+1;-1. The molecule has 0 fully saturated rings. The van der Waals surface area contributed by atoms with Crippen molar-refractivity contribution < 1.29 is 50.4 Å². The Morgan fingerprint density at radius 1 is 1.24 bits per heavy atom. The van der Waals surface area contributed by atoms with Crippen LogP contribution in [0.25, 0.3) is 0 Å². The number of thiocarbonyl (C=S) groups is 1. The molecule has 0 saturated heterocycles. The number of benzene rings is 1. The van der Waals surface area contributed by atoms with Crippen LogP contribution in [-0.2, 0) is 14.3 Å². The minimum Gasteiger partial charge on any atom is -1.00 e. The zero-order valence-corrected chi connectivity index (χ0v) is 15.2. The predicted octanol–water partition coefficient (Wildman–Crippen LogP) is -0.0884. The Hall–Kier alpha value is -1.08. The molecule has 0 aromatic heterocycles. The molecule has 0 spiro atoms. The van der Waals surface area contributed by atoms with Crippen molar-refractivity contribution in [3.63, 3.8) is 0 Å². The van der Waals surface area contributed by atoms with Crippen LogP contribution in [0.15, 0.2) is 41.9 Å². The number of aliphatic hydroxyl groups is 1. The van der Waals surface area contributed by atoms with E-state index in [-0.39, 0.29) is 54.8 Å². The number of nitrogens with one attached hydrogen (secondary N) is 1. The van der Waals surface area contributed by atoms with Crippen molar-refractivity contribution in [2.24, 2.45) is 0 Å². The predicted molar refractivity (Wildman–Crippen MR) is 81.7 cm³/mol. The van der Waals surface area contributed by atoms with E-state index in [2.05, 4.69) is 5.32 Å². The third-order valence-corrected chi connectivity index (χ3v) is 2.54. The molecule has 110 valence electrons. The van der Waals surface area contributed by atoms with Crippen LogP contribution in [0.2, 0.25) is 0 Å². The maximum atomic E-state index is 11.8. The molecule has 0 aliphatic heterocycles. The number of ether oxygens (including phenoxy) is 2. The molecule has 0 aliphatic carbocycles. The summed E-state index contributed by atoms with van der Waals surface area (Å²) in [4.78, 5) is 11.9. The summed E-state index contributed by atoms with van der Waals surface area (Å²) in [5.74, 6) is -1.27. The van der Waals surface area contributed by atoms with E-state index in [4.69, 9.17) is 21.7 Å². The van der Waals surface area contributed by atoms with E-state index in [9.17, 15) is 9.90 Å². The molecule has 0 bridgehead atoms. The van der Waals surface area contributed by atoms with Gasteiger partial charge < -0.3 is 21.3 Å². The summed E-state index contributed by atoms with van der Waals surface area (Å²) in [6.45, 7) is 3.74. The SMILES string of the molecule is CCOC(=O)C(C(=S)Nc1ccccc1)=C(O)OCC.[H-].[Na+]. The van der Waals surface area contributed by atoms with Gasteiger partial charge in [0.05, 0.1) is 13.2 Å². The minimum absolute atomic E-state index is 0. The van der Waals surface area contributed by atoms with Crippen LogP contribution in [0.5, 0.6) is 0 Å². The first-order chi connectivity index (χ1) is 9.60. The van der Waals surface area contributed by atoms with E-state index in [1.807, 2.05) is 18.2 Å². The maximum Gasteiger partial charge on any atom is 1.00 e. The number of rotatable bonds is 6. The molecule has 1 aromatic rings. The number of hydrogen-bond donors (Lipinski definition) is 2. The molecular formula is C14H18NNaO4S. The Balaban J connectivity index is 0. The van der Waals surface area contributed by atoms with Gasteiger partial charge in [0.1, 0.15) is 4.99 Å². The molecule has 1 rings (SSSR count). The Morgan fingerprint density at radius 2 is 1.81 bits per heavy atom. The normalized spacial score (nSPS) is 10.8. The zero-order valence-electron chi connectivity index (χ0n) is 13.4. The molecule has 0 atom stereocenters. The minimum atomic E-state index is -0.730. The second-order valence-electron chi connectivity index (χ2n) is 3.65. The molecule has 0 unspecified atom stereocenters. The summed E-state index contributed by atoms with van der Waals surface area (Å²) in [6, 6.07) is 9.07. The van der Waals surface area contributed by atoms with E-state index in [1.165, 1.54) is 0 Å². The van der Waals surface area contributed by atoms with Gasteiger partial charge in [-0.2, -0.15) is 0 Å². The van der Waals surface area contributed by atoms with Gasteiger partial charge in [0.2, 0.25) is 0 Å². The summed E-state index contributed by atoms with van der Waals surface area (Å²) >= 11 is 5.13. The van der Waals surface area contributed by atoms with E-state index in [0.717, 1.165) is 0 Å². The fourth-order valence-corrected chi connectivity index (χ4v) is 1.69. The molecule has 0 amide bonds. The summed E-state index contributed by atoms with van der Waals surface area (Å²) in [5.41, 5.74) is 0.510. The summed E-state index contributed by atoms with van der Waals surface area (Å²) in [6.07, 6.45) is 0. The van der Waals surface area contributed by atoms with Gasteiger partial charge in [-0.25, -0.2) is 4.79 Å². The molecular weight excluding hydrogens is 301 g/mol. The molecule has 1 aromatic carbocycles. The van der Waals surface area contributed by atoms with Gasteiger partial charge in [-0.3, -0.25) is 0 Å². The molecule has 21 heavy (non-hydrogen) atoms. The van der Waals surface area contributed by atoms with Crippen LogP contribution in [-0.4, -0.2) is 29.3 Å². The van der Waals surface area contributed by atoms with Gasteiger partial charge >= 0.3 is 35.5 Å². The molecule has 0 heterocycles. The van der Waals surface area contributed by atoms with Crippen LogP contribution >= 0.6 is 12.2 Å². The smallest absolute Gasteiger partial charge is 1.00 e. The third kappa shape index (κ3) is 6.48. The molecule has 0 aliphatic rings. The summed E-state index contributed by atoms with van der Waals surface area (Å²) < 4.78 is 9.80. The monoisotopic (exact) mass is 319 g/mol. The van der Waals surface area contributed by atoms with Crippen LogP contribution in [0.1, 0.15) is 15.3 Å². The average Bonchev–Trinajstić information content (AvgIpc) is 2.40. The van der Waals surface area contributed by atoms with Crippen LogP contribution in [0, 0.1) is 0 Å². The molecule has 0 radical (unpaired) electrons. The van der Waals surface area contributed by atoms with E-state index in [1.54, 1.807) is 26.0 Å². The second-order valence-corrected chi connectivity index (χ2v) is 4.06. The molecule has 7 heteroatoms. The Morgan fingerprint density at radius 3 is 2.33 bits per heavy atom. The fraction of sp³-hybridized carbons (Fsp3) is 0.286. The molecule has 5 nitrogen and oxygen atoms in total. The molecule has 2 N–H and O–H groups in total. The van der Waals surface area contributed by atoms with Crippen molar-refractivity contribution >= 4 is 28.9 Å². The number of aliphatic hydroxyl groups excluding tert-OH is 1. The van der Waals surface area contributed by atoms with Gasteiger partial charge in [0.15, 0.2) is 5.57 Å². The largest absolute Gasteiger partial charge is 1.00 e. The first kappa shape index (κ1) is 19.9. The first-order valence-corrected chi connectivity index (χ1v) is 6.60. The molecule has 0 saturated carbocycles. The van der Waals surface area contributed by atoms with E-state index in [0.29, 0.717) is 5.69 Å². The van der Waals surface area contributed by atoms with Crippen molar-refractivity contribution in [2.75, 3.05) is 18.5 Å². The van der Waals surface area contributed by atoms with Crippen molar-refractivity contribution in [1.29, 1.82) is 0 Å². The number of carbonyl (C=O) groups is 1. The third-order valence-electron chi connectivity index (χ3n) is 2.23. The van der Waals surface area contributed by atoms with Gasteiger partial charge in [-0.15, -0.1) is 0 Å². The zero-order chi connectivity index (χ0) is 15.0. The number of para-hydroxylation sites is 1. The Bertz CT molecular complexity index is 511. The van der Waals surface area contributed by atoms with Crippen molar-refractivity contribution in [3.05, 3.63) is 41.9 Å². The van der Waals surface area contributed by atoms with Gasteiger partial charge in [0.25, 0.3) is 5.95 Å². The van der Waals surface area contributed by atoms with Gasteiger partial charge in [-0.05, 0) is 26.0 Å². The first-order valence-electron chi connectivity index (χ1n) is 6.19. The van der Waals surface area contributed by atoms with Crippen LogP contribution in [0.3, 0.4) is 0 Å².